The van der Waals surface area contributed by atoms with Gasteiger partial charge in [-0.15, -0.1) is 0 Å². The van der Waals surface area contributed by atoms with E-state index >= 15 is 0 Å². The maximum absolute atomic E-state index is 10.8. The second-order valence-electron chi connectivity index (χ2n) is 4.66. The predicted molar refractivity (Wildman–Crippen MR) is 66.5 cm³/mol. The summed E-state index contributed by atoms with van der Waals surface area (Å²) >= 11 is 0. The SMILES string of the molecule is Bc1ccc(OC)c(C(C)(C)CC(=O)O)c1. The van der Waals surface area contributed by atoms with Crippen LogP contribution in [0.15, 0.2) is 18.2 Å². The second-order valence-corrected chi connectivity index (χ2v) is 4.66. The smallest absolute Gasteiger partial charge is 0.304 e. The van der Waals surface area contributed by atoms with E-state index < -0.39 is 11.4 Å². The van der Waals surface area contributed by atoms with Crippen LogP contribution in [0.25, 0.3) is 0 Å². The summed E-state index contributed by atoms with van der Waals surface area (Å²) in [4.78, 5) is 10.8. The first-order chi connectivity index (χ1) is 7.36. The lowest BCUT2D eigenvalue weighted by molar-refractivity contribution is -0.138. The van der Waals surface area contributed by atoms with Crippen molar-refractivity contribution in [1.29, 1.82) is 0 Å². The first-order valence-electron chi connectivity index (χ1n) is 5.24. The molecule has 86 valence electrons. The highest BCUT2D eigenvalue weighted by molar-refractivity contribution is 6.32. The average molecular weight is 220 g/mol. The highest BCUT2D eigenvalue weighted by Crippen LogP contribution is 2.33. The van der Waals surface area contributed by atoms with Crippen LogP contribution in [0.3, 0.4) is 0 Å². The van der Waals surface area contributed by atoms with Crippen molar-refractivity contribution in [3.8, 4) is 5.75 Å². The molecule has 0 radical (unpaired) electrons. The quantitative estimate of drug-likeness (QED) is 0.760. The number of ether oxygens (including phenoxy) is 1. The summed E-state index contributed by atoms with van der Waals surface area (Å²) in [6, 6.07) is 5.83. The number of aliphatic carboxylic acids is 1. The standard InChI is InChI=1S/C12H17BO3/c1-12(2,7-11(14)15)9-6-8(13)4-5-10(9)16-3/h4-6H,7,13H2,1-3H3,(H,14,15). The molecule has 0 aliphatic rings. The number of hydrogen-bond donors (Lipinski definition) is 1. The molecule has 0 aliphatic heterocycles. The Morgan fingerprint density at radius 1 is 1.50 bits per heavy atom. The normalized spacial score (nSPS) is 11.2. The Balaban J connectivity index is 3.18. The number of carbonyl (C=O) groups is 1. The third-order valence-electron chi connectivity index (χ3n) is 2.68. The lowest BCUT2D eigenvalue weighted by Crippen LogP contribution is -2.24. The average Bonchev–Trinajstić information content (AvgIpc) is 2.15. The van der Waals surface area contributed by atoms with Gasteiger partial charge >= 0.3 is 5.97 Å². The van der Waals surface area contributed by atoms with Crippen LogP contribution in [-0.4, -0.2) is 26.0 Å². The molecule has 1 aromatic rings. The zero-order chi connectivity index (χ0) is 12.3. The summed E-state index contributed by atoms with van der Waals surface area (Å²) in [5, 5.41) is 8.90. The van der Waals surface area contributed by atoms with Crippen molar-refractivity contribution in [3.05, 3.63) is 23.8 Å². The van der Waals surface area contributed by atoms with Gasteiger partial charge in [-0.1, -0.05) is 31.4 Å². The van der Waals surface area contributed by atoms with Crippen LogP contribution in [0.1, 0.15) is 25.8 Å². The van der Waals surface area contributed by atoms with E-state index in [1.54, 1.807) is 7.11 Å². The van der Waals surface area contributed by atoms with Crippen LogP contribution in [0.5, 0.6) is 5.75 Å². The highest BCUT2D eigenvalue weighted by atomic mass is 16.5. The van der Waals surface area contributed by atoms with Gasteiger partial charge in [0.05, 0.1) is 13.5 Å². The van der Waals surface area contributed by atoms with Gasteiger partial charge in [-0.2, -0.15) is 0 Å². The fraction of sp³-hybridized carbons (Fsp3) is 0.417. The van der Waals surface area contributed by atoms with Crippen molar-refractivity contribution in [2.75, 3.05) is 7.11 Å². The van der Waals surface area contributed by atoms with Crippen LogP contribution in [0.4, 0.5) is 0 Å². The van der Waals surface area contributed by atoms with Gasteiger partial charge in [0, 0.05) is 5.41 Å². The maximum atomic E-state index is 10.8. The number of benzene rings is 1. The van der Waals surface area contributed by atoms with E-state index in [-0.39, 0.29) is 6.42 Å². The Bertz CT molecular complexity index is 399. The van der Waals surface area contributed by atoms with E-state index in [0.29, 0.717) is 0 Å². The van der Waals surface area contributed by atoms with Crippen molar-refractivity contribution in [2.24, 2.45) is 0 Å². The van der Waals surface area contributed by atoms with E-state index in [1.165, 1.54) is 0 Å². The van der Waals surface area contributed by atoms with Gasteiger partial charge in [0.15, 0.2) is 0 Å². The van der Waals surface area contributed by atoms with Crippen molar-refractivity contribution in [2.45, 2.75) is 25.7 Å². The Hall–Kier alpha value is -1.45. The molecule has 1 aromatic carbocycles. The minimum Gasteiger partial charge on any atom is -0.496 e. The Morgan fingerprint density at radius 2 is 2.12 bits per heavy atom. The van der Waals surface area contributed by atoms with Gasteiger partial charge in [0.2, 0.25) is 0 Å². The molecule has 16 heavy (non-hydrogen) atoms. The maximum Gasteiger partial charge on any atom is 0.304 e. The van der Waals surface area contributed by atoms with Gasteiger partial charge < -0.3 is 9.84 Å². The number of hydrogen-bond acceptors (Lipinski definition) is 2. The number of rotatable bonds is 4. The minimum atomic E-state index is -0.798. The van der Waals surface area contributed by atoms with E-state index in [1.807, 2.05) is 39.9 Å². The van der Waals surface area contributed by atoms with E-state index in [4.69, 9.17) is 9.84 Å². The third-order valence-corrected chi connectivity index (χ3v) is 2.68. The third kappa shape index (κ3) is 2.78. The Kier molecular flexibility index (Phi) is 3.63. The zero-order valence-corrected chi connectivity index (χ0v) is 10.2. The molecule has 3 nitrogen and oxygen atoms in total. The van der Waals surface area contributed by atoms with Gasteiger partial charge in [-0.3, -0.25) is 4.79 Å². The lowest BCUT2D eigenvalue weighted by Gasteiger charge is -2.25. The Labute approximate surface area is 96.8 Å². The molecular formula is C12H17BO3. The van der Waals surface area contributed by atoms with Crippen molar-refractivity contribution in [1.82, 2.24) is 0 Å². The number of carboxylic acid groups (broad SMARTS) is 1. The summed E-state index contributed by atoms with van der Waals surface area (Å²) in [6.45, 7) is 3.83. The fourth-order valence-electron chi connectivity index (χ4n) is 1.82. The molecule has 0 fully saturated rings. The molecular weight excluding hydrogens is 203 g/mol. The van der Waals surface area contributed by atoms with Crippen molar-refractivity contribution >= 4 is 19.3 Å². The summed E-state index contributed by atoms with van der Waals surface area (Å²) in [7, 11) is 3.59. The molecule has 0 unspecified atom stereocenters. The molecule has 0 aromatic heterocycles. The molecule has 0 saturated heterocycles. The van der Waals surface area contributed by atoms with E-state index in [9.17, 15) is 4.79 Å². The Morgan fingerprint density at radius 3 is 2.62 bits per heavy atom. The summed E-state index contributed by atoms with van der Waals surface area (Å²) in [6.07, 6.45) is 0.0901. The highest BCUT2D eigenvalue weighted by Gasteiger charge is 2.27. The molecule has 0 amide bonds. The fourth-order valence-corrected chi connectivity index (χ4v) is 1.82. The molecule has 1 N–H and O–H groups in total. The molecule has 1 rings (SSSR count). The summed E-state index contributed by atoms with van der Waals surface area (Å²) in [5.41, 5.74) is 1.62. The molecule has 0 atom stereocenters. The summed E-state index contributed by atoms with van der Waals surface area (Å²) in [5.74, 6) is -0.0505. The molecule has 0 bridgehead atoms. The largest absolute Gasteiger partial charge is 0.496 e. The van der Waals surface area contributed by atoms with Gasteiger partial charge in [-0.05, 0) is 11.6 Å². The van der Waals surface area contributed by atoms with Gasteiger partial charge in [-0.25, -0.2) is 0 Å². The molecule has 0 heterocycles. The summed E-state index contributed by atoms with van der Waals surface area (Å²) < 4.78 is 5.28. The zero-order valence-electron chi connectivity index (χ0n) is 10.2. The lowest BCUT2D eigenvalue weighted by atomic mass is 9.78. The van der Waals surface area contributed by atoms with E-state index in [2.05, 4.69) is 0 Å². The van der Waals surface area contributed by atoms with Crippen LogP contribution in [0, 0.1) is 0 Å². The molecule has 0 spiro atoms. The van der Waals surface area contributed by atoms with Gasteiger partial charge in [0.1, 0.15) is 13.6 Å². The van der Waals surface area contributed by atoms with Crippen LogP contribution in [0.2, 0.25) is 0 Å². The van der Waals surface area contributed by atoms with Crippen LogP contribution >= 0.6 is 0 Å². The number of carboxylic acids is 1. The molecule has 0 aliphatic carbocycles. The predicted octanol–water partition coefficient (Wildman–Crippen LogP) is 0.706. The first kappa shape index (κ1) is 12.6. The monoisotopic (exact) mass is 220 g/mol. The van der Waals surface area contributed by atoms with Crippen LogP contribution in [-0.2, 0) is 10.2 Å². The molecule has 0 saturated carbocycles. The van der Waals surface area contributed by atoms with Crippen molar-refractivity contribution in [3.63, 3.8) is 0 Å². The minimum absolute atomic E-state index is 0.0901. The number of methoxy groups -OCH3 is 1. The first-order valence-corrected chi connectivity index (χ1v) is 5.24. The second kappa shape index (κ2) is 4.60. The van der Waals surface area contributed by atoms with E-state index in [0.717, 1.165) is 16.8 Å². The topological polar surface area (TPSA) is 46.5 Å². The van der Waals surface area contributed by atoms with Crippen LogP contribution < -0.4 is 10.2 Å². The van der Waals surface area contributed by atoms with Gasteiger partial charge in [0.25, 0.3) is 0 Å². The molecule has 4 heteroatoms. The van der Waals surface area contributed by atoms with Crippen molar-refractivity contribution < 1.29 is 14.6 Å².